The van der Waals surface area contributed by atoms with Crippen LogP contribution in [-0.2, 0) is 0 Å². The fraction of sp³-hybridized carbons (Fsp3) is 0.846. The first-order valence-electron chi connectivity index (χ1n) is 13.0. The Bertz CT molecular complexity index is 545. The summed E-state index contributed by atoms with van der Waals surface area (Å²) in [7, 11) is -1.48. The van der Waals surface area contributed by atoms with Crippen molar-refractivity contribution < 1.29 is 4.42 Å². The van der Waals surface area contributed by atoms with Crippen molar-refractivity contribution in [1.82, 2.24) is 0 Å². The topological polar surface area (TPSA) is 42.6 Å². The molecule has 174 valence electrons. The fourth-order valence-corrected chi connectivity index (χ4v) is 8.20. The molecule has 1 aromatic heterocycles. The summed E-state index contributed by atoms with van der Waals surface area (Å²) in [6.45, 7) is 11.2. The predicted octanol–water partition coefficient (Wildman–Crippen LogP) is 8.93. The Hall–Kier alpha value is -0.903. The lowest BCUT2D eigenvalue weighted by molar-refractivity contribution is 0.477. The second-order valence-electron chi connectivity index (χ2n) is 9.44. The lowest BCUT2D eigenvalue weighted by Gasteiger charge is -2.25. The molecular weight excluding hydrogens is 386 g/mol. The average Bonchev–Trinajstić information content (AvgIpc) is 3.26. The molecule has 0 N–H and O–H groups in total. The maximum absolute atomic E-state index is 11.1. The Balaban J connectivity index is 2.53. The van der Waals surface area contributed by atoms with Crippen molar-refractivity contribution in [2.45, 2.75) is 142 Å². The van der Waals surface area contributed by atoms with Crippen LogP contribution in [0.15, 0.2) is 21.9 Å². The molecule has 0 fully saturated rings. The summed E-state index contributed by atoms with van der Waals surface area (Å²) >= 11 is 0. The van der Waals surface area contributed by atoms with Crippen molar-refractivity contribution in [3.63, 3.8) is 0 Å². The van der Waals surface area contributed by atoms with Crippen LogP contribution in [-0.4, -0.2) is 14.1 Å². The molecule has 0 bridgehead atoms. The number of rotatable bonds is 19. The molecule has 0 aliphatic heterocycles. The third-order valence-corrected chi connectivity index (χ3v) is 12.7. The van der Waals surface area contributed by atoms with E-state index in [1.54, 1.807) is 0 Å². The molecule has 1 heterocycles. The van der Waals surface area contributed by atoms with Crippen LogP contribution in [0.4, 0.5) is 0 Å². The van der Waals surface area contributed by atoms with E-state index in [1.807, 2.05) is 13.2 Å². The zero-order valence-electron chi connectivity index (χ0n) is 20.7. The van der Waals surface area contributed by atoms with Gasteiger partial charge in [0.1, 0.15) is 8.07 Å². The van der Waals surface area contributed by atoms with E-state index in [4.69, 9.17) is 4.42 Å². The number of furan rings is 1. The molecular formula is C26H49NO2Si. The minimum absolute atomic E-state index is 0.123. The average molecular weight is 436 g/mol. The van der Waals surface area contributed by atoms with Crippen LogP contribution in [0, 0.1) is 4.91 Å². The number of hydrogen-bond donors (Lipinski definition) is 0. The summed E-state index contributed by atoms with van der Waals surface area (Å²) in [6.07, 6.45) is 17.6. The van der Waals surface area contributed by atoms with Crippen LogP contribution in [0.5, 0.6) is 0 Å². The van der Waals surface area contributed by atoms with Gasteiger partial charge in [0.25, 0.3) is 0 Å². The van der Waals surface area contributed by atoms with E-state index in [1.165, 1.54) is 93.3 Å². The Kier molecular flexibility index (Phi) is 14.3. The lowest BCUT2D eigenvalue weighted by Crippen LogP contribution is -2.44. The molecule has 30 heavy (non-hydrogen) atoms. The van der Waals surface area contributed by atoms with Gasteiger partial charge < -0.3 is 4.42 Å². The van der Waals surface area contributed by atoms with Crippen LogP contribution in [0.25, 0.3) is 0 Å². The first kappa shape index (κ1) is 27.1. The molecule has 0 aliphatic rings. The van der Waals surface area contributed by atoms with Gasteiger partial charge in [-0.1, -0.05) is 115 Å². The van der Waals surface area contributed by atoms with Crippen molar-refractivity contribution in [3.8, 4) is 0 Å². The SMILES string of the molecule is CCCCCCCCCCCCC(CC(C)N=O)c1coc([Si](CC)(CC)CC)c1. The molecule has 2 unspecified atom stereocenters. The normalized spacial score (nSPS) is 14.0. The summed E-state index contributed by atoms with van der Waals surface area (Å²) in [4.78, 5) is 11.1. The van der Waals surface area contributed by atoms with Gasteiger partial charge in [0, 0.05) is 0 Å². The van der Waals surface area contributed by atoms with Crippen LogP contribution in [0.1, 0.15) is 123 Å². The highest BCUT2D eigenvalue weighted by Gasteiger charge is 2.33. The van der Waals surface area contributed by atoms with Gasteiger partial charge in [-0.3, -0.25) is 0 Å². The van der Waals surface area contributed by atoms with Gasteiger partial charge in [-0.15, -0.1) is 0 Å². The highest BCUT2D eigenvalue weighted by Crippen LogP contribution is 2.30. The highest BCUT2D eigenvalue weighted by molar-refractivity contribution is 6.90. The van der Waals surface area contributed by atoms with Crippen molar-refractivity contribution in [2.75, 3.05) is 0 Å². The van der Waals surface area contributed by atoms with Crippen molar-refractivity contribution in [2.24, 2.45) is 5.18 Å². The number of nitroso groups, excluding NO2 is 1. The number of unbranched alkanes of at least 4 members (excludes halogenated alkanes) is 9. The Labute approximate surface area is 187 Å². The number of nitrogens with zero attached hydrogens (tertiary/aromatic N) is 1. The quantitative estimate of drug-likeness (QED) is 0.124. The van der Waals surface area contributed by atoms with Crippen LogP contribution in [0.2, 0.25) is 18.1 Å². The first-order valence-corrected chi connectivity index (χ1v) is 15.6. The van der Waals surface area contributed by atoms with E-state index in [9.17, 15) is 4.91 Å². The molecule has 3 nitrogen and oxygen atoms in total. The van der Waals surface area contributed by atoms with E-state index >= 15 is 0 Å². The summed E-state index contributed by atoms with van der Waals surface area (Å²) in [6, 6.07) is 5.94. The van der Waals surface area contributed by atoms with E-state index < -0.39 is 8.07 Å². The molecule has 0 radical (unpaired) electrons. The molecule has 0 saturated heterocycles. The second kappa shape index (κ2) is 15.8. The van der Waals surface area contributed by atoms with E-state index in [0.29, 0.717) is 5.92 Å². The molecule has 0 spiro atoms. The molecule has 1 rings (SSSR count). The third kappa shape index (κ3) is 9.07. The minimum Gasteiger partial charge on any atom is -0.474 e. The second-order valence-corrected chi connectivity index (χ2v) is 14.6. The van der Waals surface area contributed by atoms with Gasteiger partial charge >= 0.3 is 0 Å². The van der Waals surface area contributed by atoms with Gasteiger partial charge in [-0.2, -0.15) is 4.91 Å². The summed E-state index contributed by atoms with van der Waals surface area (Å²) in [5.41, 5.74) is 1.31. The van der Waals surface area contributed by atoms with Crippen LogP contribution >= 0.6 is 0 Å². The molecule has 0 amide bonds. The predicted molar refractivity (Wildman–Crippen MR) is 135 cm³/mol. The monoisotopic (exact) mass is 435 g/mol. The van der Waals surface area contributed by atoms with Gasteiger partial charge in [-0.05, 0) is 37.3 Å². The van der Waals surface area contributed by atoms with E-state index in [2.05, 4.69) is 38.9 Å². The largest absolute Gasteiger partial charge is 0.474 e. The Morgan fingerprint density at radius 2 is 1.40 bits per heavy atom. The van der Waals surface area contributed by atoms with Crippen molar-refractivity contribution in [3.05, 3.63) is 22.8 Å². The maximum atomic E-state index is 11.1. The highest BCUT2D eigenvalue weighted by atomic mass is 28.3. The fourth-order valence-electron chi connectivity index (χ4n) is 4.87. The summed E-state index contributed by atoms with van der Waals surface area (Å²) < 4.78 is 6.15. The zero-order valence-corrected chi connectivity index (χ0v) is 21.7. The maximum Gasteiger partial charge on any atom is 0.131 e. The van der Waals surface area contributed by atoms with Crippen molar-refractivity contribution >= 4 is 13.5 Å². The summed E-state index contributed by atoms with van der Waals surface area (Å²) in [5.74, 6) is 0.404. The summed E-state index contributed by atoms with van der Waals surface area (Å²) in [5, 5.41) is 4.55. The first-order chi connectivity index (χ1) is 14.6. The van der Waals surface area contributed by atoms with E-state index in [0.717, 1.165) is 12.8 Å². The van der Waals surface area contributed by atoms with E-state index in [-0.39, 0.29) is 6.04 Å². The Morgan fingerprint density at radius 1 is 0.867 bits per heavy atom. The molecule has 4 heteroatoms. The van der Waals surface area contributed by atoms with Gasteiger partial charge in [0.15, 0.2) is 0 Å². The zero-order chi connectivity index (χ0) is 22.2. The molecule has 1 aromatic rings. The molecule has 0 aliphatic carbocycles. The lowest BCUT2D eigenvalue weighted by atomic mass is 9.89. The Morgan fingerprint density at radius 3 is 1.90 bits per heavy atom. The van der Waals surface area contributed by atoms with Gasteiger partial charge in [0.05, 0.1) is 17.7 Å². The molecule has 0 saturated carbocycles. The molecule has 2 atom stereocenters. The standard InChI is InChI=1S/C26H49NO2Si/c1-6-10-11-12-13-14-15-16-17-18-19-24(20-23(5)27-28)25-21-26(29-22-25)30(7-2,8-3)9-4/h21-24H,6-20H2,1-5H3. The molecule has 0 aromatic carbocycles. The minimum atomic E-state index is -1.48. The third-order valence-electron chi connectivity index (χ3n) is 7.36. The van der Waals surface area contributed by atoms with Crippen LogP contribution in [0.3, 0.4) is 0 Å². The van der Waals surface area contributed by atoms with Gasteiger partial charge in [0.2, 0.25) is 0 Å². The number of hydrogen-bond acceptors (Lipinski definition) is 3. The van der Waals surface area contributed by atoms with Crippen molar-refractivity contribution in [1.29, 1.82) is 0 Å². The van der Waals surface area contributed by atoms with Crippen LogP contribution < -0.4 is 5.38 Å². The van der Waals surface area contributed by atoms with Gasteiger partial charge in [-0.25, -0.2) is 0 Å². The smallest absolute Gasteiger partial charge is 0.131 e.